The summed E-state index contributed by atoms with van der Waals surface area (Å²) < 4.78 is 5.51. The van der Waals surface area contributed by atoms with E-state index in [1.54, 1.807) is 36.1 Å². The molecule has 1 unspecified atom stereocenters. The fourth-order valence-electron chi connectivity index (χ4n) is 3.24. The summed E-state index contributed by atoms with van der Waals surface area (Å²) in [5.41, 5.74) is 8.40. The van der Waals surface area contributed by atoms with Crippen LogP contribution in [-0.4, -0.2) is 29.1 Å². The number of nitrogen functional groups attached to an aromatic ring is 1. The van der Waals surface area contributed by atoms with Gasteiger partial charge < -0.3 is 15.8 Å². The third-order valence-corrected chi connectivity index (χ3v) is 5.02. The first-order chi connectivity index (χ1) is 14.0. The van der Waals surface area contributed by atoms with Crippen molar-refractivity contribution in [1.82, 2.24) is 4.98 Å². The fraction of sp³-hybridized carbons (Fsp3) is 0.409. The number of rotatable bonds is 3. The molecule has 2 amide bonds. The highest BCUT2D eigenvalue weighted by Gasteiger charge is 2.29. The Morgan fingerprint density at radius 2 is 2.00 bits per heavy atom. The van der Waals surface area contributed by atoms with Gasteiger partial charge in [-0.1, -0.05) is 11.6 Å². The zero-order valence-electron chi connectivity index (χ0n) is 17.7. The number of pyridine rings is 1. The predicted molar refractivity (Wildman–Crippen MR) is 119 cm³/mol. The SMILES string of the molecule is CC(C(=O)Nc1ccc(Cl)cc1N)c1ccc2c(n1)CCCN2C(=O)OC(C)(C)C. The predicted octanol–water partition coefficient (Wildman–Crippen LogP) is 4.75. The molecule has 7 nitrogen and oxygen atoms in total. The molecule has 1 aromatic heterocycles. The highest BCUT2D eigenvalue weighted by molar-refractivity contribution is 6.31. The molecule has 3 rings (SSSR count). The van der Waals surface area contributed by atoms with Gasteiger partial charge in [0.25, 0.3) is 0 Å². The number of aromatic nitrogens is 1. The molecule has 1 atom stereocenters. The summed E-state index contributed by atoms with van der Waals surface area (Å²) in [6, 6.07) is 8.53. The van der Waals surface area contributed by atoms with Crippen molar-refractivity contribution in [3.8, 4) is 0 Å². The number of halogens is 1. The van der Waals surface area contributed by atoms with Gasteiger partial charge in [0.15, 0.2) is 0 Å². The van der Waals surface area contributed by atoms with E-state index in [1.807, 2.05) is 26.8 Å². The highest BCUT2D eigenvalue weighted by atomic mass is 35.5. The van der Waals surface area contributed by atoms with Gasteiger partial charge in [0.2, 0.25) is 5.91 Å². The average molecular weight is 431 g/mol. The zero-order chi connectivity index (χ0) is 22.1. The standard InChI is InChI=1S/C22H27ClN4O3/c1-13(20(28)26-17-8-7-14(23)12-15(17)24)16-9-10-19-18(25-16)6-5-11-27(19)21(29)30-22(2,3)4/h7-10,12-13H,5-6,11,24H2,1-4H3,(H,26,28). The summed E-state index contributed by atoms with van der Waals surface area (Å²) in [5.74, 6) is -0.724. The van der Waals surface area contributed by atoms with Crippen molar-refractivity contribution in [3.63, 3.8) is 0 Å². The Morgan fingerprint density at radius 1 is 1.27 bits per heavy atom. The number of benzene rings is 1. The van der Waals surface area contributed by atoms with Crippen molar-refractivity contribution in [3.05, 3.63) is 46.7 Å². The minimum Gasteiger partial charge on any atom is -0.443 e. The van der Waals surface area contributed by atoms with Gasteiger partial charge in [-0.25, -0.2) is 4.79 Å². The van der Waals surface area contributed by atoms with Crippen molar-refractivity contribution in [2.45, 2.75) is 52.1 Å². The van der Waals surface area contributed by atoms with E-state index in [0.29, 0.717) is 28.6 Å². The van der Waals surface area contributed by atoms with E-state index < -0.39 is 11.5 Å². The first-order valence-corrected chi connectivity index (χ1v) is 10.3. The lowest BCUT2D eigenvalue weighted by molar-refractivity contribution is -0.117. The molecule has 0 radical (unpaired) electrons. The second-order valence-electron chi connectivity index (χ2n) is 8.38. The summed E-state index contributed by atoms with van der Waals surface area (Å²) in [7, 11) is 0. The summed E-state index contributed by atoms with van der Waals surface area (Å²) in [4.78, 5) is 31.6. The summed E-state index contributed by atoms with van der Waals surface area (Å²) in [5, 5.41) is 3.33. The lowest BCUT2D eigenvalue weighted by Crippen LogP contribution is -2.40. The molecule has 3 N–H and O–H groups in total. The molecule has 0 spiro atoms. The maximum Gasteiger partial charge on any atom is 0.414 e. The molecule has 1 aromatic carbocycles. The first kappa shape index (κ1) is 21.9. The molecule has 0 bridgehead atoms. The van der Waals surface area contributed by atoms with Crippen LogP contribution in [0.25, 0.3) is 0 Å². The number of nitrogens with one attached hydrogen (secondary N) is 1. The molecule has 2 heterocycles. The second kappa shape index (κ2) is 8.52. The summed E-state index contributed by atoms with van der Waals surface area (Å²) >= 11 is 5.91. The van der Waals surface area contributed by atoms with Crippen LogP contribution in [0.1, 0.15) is 51.4 Å². The van der Waals surface area contributed by atoms with Crippen LogP contribution < -0.4 is 16.0 Å². The van der Waals surface area contributed by atoms with E-state index >= 15 is 0 Å². The Hall–Kier alpha value is -2.80. The van der Waals surface area contributed by atoms with Crippen LogP contribution in [0.5, 0.6) is 0 Å². The molecule has 1 aliphatic rings. The van der Waals surface area contributed by atoms with Gasteiger partial charge >= 0.3 is 6.09 Å². The normalized spacial score (nSPS) is 14.6. The monoisotopic (exact) mass is 430 g/mol. The number of nitrogens with two attached hydrogens (primary N) is 1. The smallest absolute Gasteiger partial charge is 0.414 e. The molecule has 30 heavy (non-hydrogen) atoms. The Balaban J connectivity index is 1.78. The molecule has 8 heteroatoms. The van der Waals surface area contributed by atoms with Gasteiger partial charge in [-0.3, -0.25) is 14.7 Å². The molecule has 2 aromatic rings. The number of fused-ring (bicyclic) bond motifs is 1. The van der Waals surface area contributed by atoms with Crippen LogP contribution in [0.2, 0.25) is 5.02 Å². The minimum absolute atomic E-state index is 0.226. The molecule has 1 aliphatic heterocycles. The first-order valence-electron chi connectivity index (χ1n) is 9.91. The molecular weight excluding hydrogens is 404 g/mol. The zero-order valence-corrected chi connectivity index (χ0v) is 18.4. The van der Waals surface area contributed by atoms with Crippen LogP contribution in [-0.2, 0) is 16.0 Å². The van der Waals surface area contributed by atoms with Crippen LogP contribution in [0.4, 0.5) is 21.9 Å². The summed E-state index contributed by atoms with van der Waals surface area (Å²) in [6.45, 7) is 7.87. The molecular formula is C22H27ClN4O3. The van der Waals surface area contributed by atoms with Gasteiger partial charge in [0.1, 0.15) is 5.60 Å². The number of amides is 2. The number of carbonyl (C=O) groups is 2. The van der Waals surface area contributed by atoms with Crippen molar-refractivity contribution < 1.29 is 14.3 Å². The number of hydrogen-bond acceptors (Lipinski definition) is 5. The Kier molecular flexibility index (Phi) is 6.22. The van der Waals surface area contributed by atoms with Gasteiger partial charge in [-0.15, -0.1) is 0 Å². The molecule has 0 fully saturated rings. The third kappa shape index (κ3) is 5.02. The quantitative estimate of drug-likeness (QED) is 0.685. The number of carbonyl (C=O) groups excluding carboxylic acids is 2. The van der Waals surface area contributed by atoms with Crippen molar-refractivity contribution >= 4 is 40.7 Å². The van der Waals surface area contributed by atoms with Crippen LogP contribution >= 0.6 is 11.6 Å². The maximum atomic E-state index is 12.7. The Morgan fingerprint density at radius 3 is 2.67 bits per heavy atom. The summed E-state index contributed by atoms with van der Waals surface area (Å²) in [6.07, 6.45) is 1.13. The Bertz CT molecular complexity index is 971. The number of anilines is 3. The molecule has 0 aliphatic carbocycles. The second-order valence-corrected chi connectivity index (χ2v) is 8.82. The number of aryl methyl sites for hydroxylation is 1. The van der Waals surface area contributed by atoms with Crippen LogP contribution in [0.3, 0.4) is 0 Å². The van der Waals surface area contributed by atoms with Gasteiger partial charge in [0, 0.05) is 11.6 Å². The lowest BCUT2D eigenvalue weighted by Gasteiger charge is -2.31. The molecule has 0 saturated carbocycles. The lowest BCUT2D eigenvalue weighted by atomic mass is 10.0. The van der Waals surface area contributed by atoms with E-state index in [1.165, 1.54) is 0 Å². The van der Waals surface area contributed by atoms with E-state index in [9.17, 15) is 9.59 Å². The van der Waals surface area contributed by atoms with E-state index in [2.05, 4.69) is 10.3 Å². The van der Waals surface area contributed by atoms with Gasteiger partial charge in [-0.05, 0) is 70.9 Å². The number of hydrogen-bond donors (Lipinski definition) is 2. The molecule has 160 valence electrons. The minimum atomic E-state index is -0.571. The van der Waals surface area contributed by atoms with E-state index in [0.717, 1.165) is 24.2 Å². The van der Waals surface area contributed by atoms with E-state index in [-0.39, 0.29) is 12.0 Å². The van der Waals surface area contributed by atoms with Crippen LogP contribution in [0.15, 0.2) is 30.3 Å². The van der Waals surface area contributed by atoms with Gasteiger partial charge in [0.05, 0.1) is 34.4 Å². The molecule has 0 saturated heterocycles. The van der Waals surface area contributed by atoms with E-state index in [4.69, 9.17) is 22.1 Å². The fourth-order valence-corrected chi connectivity index (χ4v) is 3.42. The van der Waals surface area contributed by atoms with Gasteiger partial charge in [-0.2, -0.15) is 0 Å². The Labute approximate surface area is 181 Å². The average Bonchev–Trinajstić information content (AvgIpc) is 2.67. The highest BCUT2D eigenvalue weighted by Crippen LogP contribution is 2.30. The topological polar surface area (TPSA) is 97.5 Å². The van der Waals surface area contributed by atoms with Crippen molar-refractivity contribution in [2.75, 3.05) is 22.5 Å². The number of nitrogens with zero attached hydrogens (tertiary/aromatic N) is 2. The van der Waals surface area contributed by atoms with Crippen molar-refractivity contribution in [1.29, 1.82) is 0 Å². The third-order valence-electron chi connectivity index (χ3n) is 4.78. The van der Waals surface area contributed by atoms with Crippen LogP contribution in [0, 0.1) is 0 Å². The number of ether oxygens (including phenoxy) is 1. The largest absolute Gasteiger partial charge is 0.443 e. The maximum absolute atomic E-state index is 12.7. The van der Waals surface area contributed by atoms with Crippen molar-refractivity contribution in [2.24, 2.45) is 0 Å².